The second kappa shape index (κ2) is 6.11. The lowest BCUT2D eigenvalue weighted by Crippen LogP contribution is -2.54. The number of amides is 1. The van der Waals surface area contributed by atoms with E-state index in [0.29, 0.717) is 37.1 Å². The molecule has 3 rings (SSSR count). The number of rotatable bonds is 2. The number of piperidine rings is 1. The number of aliphatic hydroxyl groups excluding tert-OH is 1. The highest BCUT2D eigenvalue weighted by atomic mass is 79.9. The monoisotopic (exact) mass is 400 g/mol. The van der Waals surface area contributed by atoms with E-state index in [-0.39, 0.29) is 15.8 Å². The van der Waals surface area contributed by atoms with Crippen LogP contribution < -0.4 is 0 Å². The number of halogens is 2. The molecule has 1 spiro atoms. The Labute approximate surface area is 147 Å². The number of hydrogen-bond donors (Lipinski definition) is 2. The molecule has 1 amide bonds. The number of nitrogens with zero attached hydrogens (tertiary/aromatic N) is 2. The summed E-state index contributed by atoms with van der Waals surface area (Å²) in [6, 6.07) is 2.80. The van der Waals surface area contributed by atoms with Gasteiger partial charge in [0.05, 0.1) is 17.2 Å². The number of aryl methyl sites for hydroxylation is 1. The number of carbonyl (C=O) groups is 1. The summed E-state index contributed by atoms with van der Waals surface area (Å²) >= 11 is 3.12. The summed E-state index contributed by atoms with van der Waals surface area (Å²) in [5.74, 6) is -0.999. The number of benzene rings is 1. The third-order valence-corrected chi connectivity index (χ3v) is 5.36. The maximum absolute atomic E-state index is 13.7. The molecule has 6 nitrogen and oxygen atoms in total. The van der Waals surface area contributed by atoms with E-state index >= 15 is 0 Å². The van der Waals surface area contributed by atoms with E-state index in [1.807, 2.05) is 0 Å². The molecular formula is C16H18BrFN2O4. The van der Waals surface area contributed by atoms with Gasteiger partial charge in [-0.3, -0.25) is 9.63 Å². The first-order valence-corrected chi connectivity index (χ1v) is 8.33. The largest absolute Gasteiger partial charge is 0.509 e. The van der Waals surface area contributed by atoms with Gasteiger partial charge in [0.1, 0.15) is 17.1 Å². The molecule has 0 saturated carbocycles. The first-order valence-electron chi connectivity index (χ1n) is 7.54. The van der Waals surface area contributed by atoms with Crippen LogP contribution in [0.2, 0.25) is 0 Å². The maximum atomic E-state index is 13.7. The molecule has 1 fully saturated rings. The highest BCUT2D eigenvalue weighted by Crippen LogP contribution is 2.45. The molecule has 2 aliphatic heterocycles. The summed E-state index contributed by atoms with van der Waals surface area (Å²) in [5.41, 5.74) is 0.101. The van der Waals surface area contributed by atoms with Gasteiger partial charge in [0.25, 0.3) is 5.91 Å². The lowest BCUT2D eigenvalue weighted by molar-refractivity contribution is -0.215. The molecule has 0 aliphatic carbocycles. The molecule has 130 valence electrons. The van der Waals surface area contributed by atoms with E-state index in [2.05, 4.69) is 15.9 Å². The van der Waals surface area contributed by atoms with E-state index in [9.17, 15) is 19.5 Å². The van der Waals surface area contributed by atoms with Crippen molar-refractivity contribution in [2.24, 2.45) is 0 Å². The average Bonchev–Trinajstić information content (AvgIpc) is 2.74. The topological polar surface area (TPSA) is 73.2 Å². The van der Waals surface area contributed by atoms with Gasteiger partial charge in [0.15, 0.2) is 0 Å². The minimum atomic E-state index is -1.01. The van der Waals surface area contributed by atoms with Crippen LogP contribution >= 0.6 is 15.9 Å². The lowest BCUT2D eigenvalue weighted by atomic mass is 9.85. The van der Waals surface area contributed by atoms with Crippen LogP contribution in [0.25, 0.3) is 5.57 Å². The molecule has 0 unspecified atom stereocenters. The standard InChI is InChI=1S/C16H18BrFN2O4/c1-9-7-12(18)11(17)8-10(9)13-14(21)16(20(24-2)15(13)22)3-5-19(23)6-4-16/h7-8,21,23H,3-6H2,1-2H3. The number of hydroxylamine groups is 4. The van der Waals surface area contributed by atoms with Gasteiger partial charge >= 0.3 is 0 Å². The fourth-order valence-corrected chi connectivity index (χ4v) is 3.79. The van der Waals surface area contributed by atoms with E-state index < -0.39 is 17.3 Å². The highest BCUT2D eigenvalue weighted by Gasteiger charge is 2.54. The molecule has 0 bridgehead atoms. The van der Waals surface area contributed by atoms with Crippen LogP contribution in [0.5, 0.6) is 0 Å². The first kappa shape index (κ1) is 17.3. The van der Waals surface area contributed by atoms with Crippen molar-refractivity contribution in [1.29, 1.82) is 0 Å². The molecule has 2 aliphatic rings. The van der Waals surface area contributed by atoms with Crippen LogP contribution in [0.1, 0.15) is 24.0 Å². The summed E-state index contributed by atoms with van der Waals surface area (Å²) in [5, 5.41) is 22.8. The van der Waals surface area contributed by atoms with Crippen molar-refractivity contribution in [3.63, 3.8) is 0 Å². The minimum Gasteiger partial charge on any atom is -0.509 e. The smallest absolute Gasteiger partial charge is 0.282 e. The van der Waals surface area contributed by atoms with E-state index in [0.717, 1.165) is 5.06 Å². The van der Waals surface area contributed by atoms with Crippen molar-refractivity contribution < 1.29 is 24.3 Å². The van der Waals surface area contributed by atoms with Gasteiger partial charge < -0.3 is 10.3 Å². The molecule has 0 atom stereocenters. The number of aliphatic hydroxyl groups is 1. The number of carbonyl (C=O) groups excluding carboxylic acids is 1. The predicted molar refractivity (Wildman–Crippen MR) is 87.6 cm³/mol. The molecular weight excluding hydrogens is 383 g/mol. The average molecular weight is 401 g/mol. The second-order valence-electron chi connectivity index (χ2n) is 6.07. The zero-order chi connectivity index (χ0) is 17.6. The van der Waals surface area contributed by atoms with Gasteiger partial charge in [-0.2, -0.15) is 5.06 Å². The fraction of sp³-hybridized carbons (Fsp3) is 0.438. The summed E-state index contributed by atoms with van der Waals surface area (Å²) in [6.45, 7) is 2.28. The molecule has 1 aromatic rings. The Morgan fingerprint density at radius 3 is 2.54 bits per heavy atom. The molecule has 1 saturated heterocycles. The molecule has 2 N–H and O–H groups in total. The van der Waals surface area contributed by atoms with Gasteiger partial charge in [0.2, 0.25) is 0 Å². The highest BCUT2D eigenvalue weighted by molar-refractivity contribution is 9.10. The summed E-state index contributed by atoms with van der Waals surface area (Å²) in [4.78, 5) is 18.1. The van der Waals surface area contributed by atoms with Crippen LogP contribution in [-0.2, 0) is 9.63 Å². The van der Waals surface area contributed by atoms with Gasteiger partial charge in [-0.05, 0) is 59.0 Å². The van der Waals surface area contributed by atoms with Crippen LogP contribution in [0.15, 0.2) is 22.4 Å². The Balaban J connectivity index is 2.15. The van der Waals surface area contributed by atoms with Crippen LogP contribution in [0.4, 0.5) is 4.39 Å². The molecule has 1 aromatic carbocycles. The maximum Gasteiger partial charge on any atom is 0.282 e. The van der Waals surface area contributed by atoms with E-state index in [4.69, 9.17) is 4.84 Å². The zero-order valence-electron chi connectivity index (χ0n) is 13.3. The lowest BCUT2D eigenvalue weighted by Gasteiger charge is -2.41. The normalized spacial score (nSPS) is 21.2. The van der Waals surface area contributed by atoms with Crippen molar-refractivity contribution in [3.8, 4) is 0 Å². The Morgan fingerprint density at radius 2 is 1.96 bits per heavy atom. The van der Waals surface area contributed by atoms with Crippen molar-refractivity contribution >= 4 is 27.4 Å². The second-order valence-corrected chi connectivity index (χ2v) is 6.93. The molecule has 2 heterocycles. The Hall–Kier alpha value is -1.48. The molecule has 8 heteroatoms. The Bertz CT molecular complexity index is 729. The SMILES string of the molecule is CON1C(=O)C(c2cc(Br)c(F)cc2C)=C(O)C12CCN(O)CC2. The van der Waals surface area contributed by atoms with Gasteiger partial charge in [-0.1, -0.05) is 0 Å². The summed E-state index contributed by atoms with van der Waals surface area (Å²) in [6.07, 6.45) is 0.666. The quantitative estimate of drug-likeness (QED) is 0.798. The summed E-state index contributed by atoms with van der Waals surface area (Å²) < 4.78 is 13.9. The number of hydrogen-bond acceptors (Lipinski definition) is 5. The van der Waals surface area contributed by atoms with Crippen molar-refractivity contribution in [2.45, 2.75) is 25.3 Å². The third-order valence-electron chi connectivity index (χ3n) is 4.75. The van der Waals surface area contributed by atoms with Crippen LogP contribution in [0.3, 0.4) is 0 Å². The first-order chi connectivity index (χ1) is 11.3. The Kier molecular flexibility index (Phi) is 4.41. The Morgan fingerprint density at radius 1 is 1.33 bits per heavy atom. The van der Waals surface area contributed by atoms with Crippen molar-refractivity contribution in [3.05, 3.63) is 39.3 Å². The van der Waals surface area contributed by atoms with Gasteiger partial charge in [-0.15, -0.1) is 0 Å². The van der Waals surface area contributed by atoms with Crippen LogP contribution in [0, 0.1) is 12.7 Å². The zero-order valence-corrected chi connectivity index (χ0v) is 14.9. The van der Waals surface area contributed by atoms with Gasteiger partial charge in [-0.25, -0.2) is 9.45 Å². The predicted octanol–water partition coefficient (Wildman–Crippen LogP) is 2.79. The fourth-order valence-electron chi connectivity index (χ4n) is 3.45. The van der Waals surface area contributed by atoms with Crippen LogP contribution in [-0.4, -0.2) is 52.1 Å². The molecule has 0 aromatic heterocycles. The molecule has 0 radical (unpaired) electrons. The minimum absolute atomic E-state index is 0.0935. The van der Waals surface area contributed by atoms with Crippen molar-refractivity contribution in [1.82, 2.24) is 10.1 Å². The summed E-state index contributed by atoms with van der Waals surface area (Å²) in [7, 11) is 1.37. The van der Waals surface area contributed by atoms with Gasteiger partial charge in [0, 0.05) is 13.1 Å². The third kappa shape index (κ3) is 2.45. The van der Waals surface area contributed by atoms with Crippen molar-refractivity contribution in [2.75, 3.05) is 20.2 Å². The van der Waals surface area contributed by atoms with E-state index in [1.165, 1.54) is 24.3 Å². The van der Waals surface area contributed by atoms with E-state index in [1.54, 1.807) is 6.92 Å². The molecule has 24 heavy (non-hydrogen) atoms.